The van der Waals surface area contributed by atoms with E-state index in [-0.39, 0.29) is 5.97 Å². The molecule has 0 aromatic carbocycles. The van der Waals surface area contributed by atoms with Gasteiger partial charge in [-0.2, -0.15) is 0 Å². The summed E-state index contributed by atoms with van der Waals surface area (Å²) in [5.41, 5.74) is 5.06. The van der Waals surface area contributed by atoms with Crippen molar-refractivity contribution in [2.24, 2.45) is 11.7 Å². The molecular weight excluding hydrogens is 228 g/mol. The Bertz CT molecular complexity index is 240. The number of hydrogen-bond donors (Lipinski definition) is 1. The van der Waals surface area contributed by atoms with Gasteiger partial charge in [-0.25, -0.2) is 0 Å². The molecule has 0 radical (unpaired) electrons. The molecule has 0 aromatic rings. The molecule has 0 aliphatic rings. The van der Waals surface area contributed by atoms with Gasteiger partial charge in [0.05, 0.1) is 7.11 Å². The molecule has 0 amide bonds. The summed E-state index contributed by atoms with van der Waals surface area (Å²) in [5, 5.41) is 0. The SMILES string of the molecule is COC(=O)C(C)(N)CCCCN(C)CCC(C)C. The zero-order valence-electron chi connectivity index (χ0n) is 12.7. The fourth-order valence-corrected chi connectivity index (χ4v) is 1.80. The van der Waals surface area contributed by atoms with Crippen molar-refractivity contribution in [3.63, 3.8) is 0 Å². The highest BCUT2D eigenvalue weighted by Crippen LogP contribution is 2.12. The van der Waals surface area contributed by atoms with E-state index in [1.165, 1.54) is 13.5 Å². The molecule has 0 saturated carbocycles. The van der Waals surface area contributed by atoms with E-state index in [0.717, 1.165) is 31.8 Å². The Morgan fingerprint density at radius 2 is 1.94 bits per heavy atom. The van der Waals surface area contributed by atoms with Crippen LogP contribution in [-0.4, -0.2) is 43.7 Å². The highest BCUT2D eigenvalue weighted by Gasteiger charge is 2.28. The zero-order chi connectivity index (χ0) is 14.2. The minimum atomic E-state index is -0.842. The maximum absolute atomic E-state index is 11.4. The Kier molecular flexibility index (Phi) is 8.20. The number of nitrogens with two attached hydrogens (primary N) is 1. The summed E-state index contributed by atoms with van der Waals surface area (Å²) in [5.74, 6) is 0.426. The van der Waals surface area contributed by atoms with Crippen LogP contribution in [0.5, 0.6) is 0 Å². The van der Waals surface area contributed by atoms with Gasteiger partial charge in [-0.05, 0) is 58.7 Å². The lowest BCUT2D eigenvalue weighted by molar-refractivity contribution is -0.146. The van der Waals surface area contributed by atoms with Crippen LogP contribution in [-0.2, 0) is 9.53 Å². The number of methoxy groups -OCH3 is 1. The lowest BCUT2D eigenvalue weighted by atomic mass is 9.96. The Morgan fingerprint density at radius 1 is 1.33 bits per heavy atom. The van der Waals surface area contributed by atoms with E-state index in [9.17, 15) is 4.79 Å². The molecule has 1 atom stereocenters. The number of esters is 1. The summed E-state index contributed by atoms with van der Waals surface area (Å²) < 4.78 is 4.68. The first kappa shape index (κ1) is 17.4. The maximum Gasteiger partial charge on any atom is 0.325 e. The number of ether oxygens (including phenoxy) is 1. The Hall–Kier alpha value is -0.610. The average Bonchev–Trinajstić information content (AvgIpc) is 2.30. The van der Waals surface area contributed by atoms with Crippen molar-refractivity contribution in [3.05, 3.63) is 0 Å². The van der Waals surface area contributed by atoms with E-state index < -0.39 is 5.54 Å². The molecule has 0 heterocycles. The van der Waals surface area contributed by atoms with Crippen molar-refractivity contribution in [2.45, 2.75) is 52.0 Å². The Labute approximate surface area is 112 Å². The molecule has 0 aromatic heterocycles. The zero-order valence-corrected chi connectivity index (χ0v) is 12.7. The van der Waals surface area contributed by atoms with Gasteiger partial charge in [-0.1, -0.05) is 13.8 Å². The third-order valence-corrected chi connectivity index (χ3v) is 3.23. The fourth-order valence-electron chi connectivity index (χ4n) is 1.80. The van der Waals surface area contributed by atoms with Crippen LogP contribution in [0.25, 0.3) is 0 Å². The lowest BCUT2D eigenvalue weighted by Gasteiger charge is -2.22. The monoisotopic (exact) mass is 258 g/mol. The van der Waals surface area contributed by atoms with Gasteiger partial charge in [0.2, 0.25) is 0 Å². The molecule has 0 fully saturated rings. The van der Waals surface area contributed by atoms with Gasteiger partial charge in [-0.15, -0.1) is 0 Å². The number of carbonyl (C=O) groups is 1. The van der Waals surface area contributed by atoms with Gasteiger partial charge in [0.25, 0.3) is 0 Å². The molecule has 0 rings (SSSR count). The predicted molar refractivity (Wildman–Crippen MR) is 75.4 cm³/mol. The van der Waals surface area contributed by atoms with E-state index in [4.69, 9.17) is 5.73 Å². The van der Waals surface area contributed by atoms with Crippen LogP contribution >= 0.6 is 0 Å². The van der Waals surface area contributed by atoms with E-state index >= 15 is 0 Å². The second kappa shape index (κ2) is 8.48. The first-order valence-corrected chi connectivity index (χ1v) is 6.85. The van der Waals surface area contributed by atoms with Crippen molar-refractivity contribution in [1.29, 1.82) is 0 Å². The van der Waals surface area contributed by atoms with E-state index in [2.05, 4.69) is 30.5 Å². The van der Waals surface area contributed by atoms with Crippen molar-refractivity contribution in [3.8, 4) is 0 Å². The van der Waals surface area contributed by atoms with Gasteiger partial charge in [0.1, 0.15) is 5.54 Å². The lowest BCUT2D eigenvalue weighted by Crippen LogP contribution is -2.45. The van der Waals surface area contributed by atoms with Crippen LogP contribution in [0, 0.1) is 5.92 Å². The summed E-state index contributed by atoms with van der Waals surface area (Å²) in [7, 11) is 3.53. The van der Waals surface area contributed by atoms with E-state index in [1.807, 2.05) is 0 Å². The van der Waals surface area contributed by atoms with Crippen LogP contribution < -0.4 is 5.73 Å². The minimum Gasteiger partial charge on any atom is -0.468 e. The Balaban J connectivity index is 3.70. The van der Waals surface area contributed by atoms with E-state index in [0.29, 0.717) is 6.42 Å². The minimum absolute atomic E-state index is 0.323. The first-order valence-electron chi connectivity index (χ1n) is 6.85. The van der Waals surface area contributed by atoms with Crippen molar-refractivity contribution in [2.75, 3.05) is 27.2 Å². The summed E-state index contributed by atoms with van der Waals surface area (Å²) >= 11 is 0. The molecule has 0 bridgehead atoms. The van der Waals surface area contributed by atoms with Crippen molar-refractivity contribution < 1.29 is 9.53 Å². The van der Waals surface area contributed by atoms with Gasteiger partial charge in [0.15, 0.2) is 0 Å². The number of unbranched alkanes of at least 4 members (excludes halogenated alkanes) is 1. The molecule has 0 aliphatic carbocycles. The number of rotatable bonds is 9. The number of carbonyl (C=O) groups excluding carboxylic acids is 1. The molecule has 2 N–H and O–H groups in total. The number of hydrogen-bond acceptors (Lipinski definition) is 4. The highest BCUT2D eigenvalue weighted by molar-refractivity contribution is 5.79. The van der Waals surface area contributed by atoms with E-state index in [1.54, 1.807) is 6.92 Å². The van der Waals surface area contributed by atoms with Gasteiger partial charge in [-0.3, -0.25) is 4.79 Å². The van der Waals surface area contributed by atoms with Crippen LogP contribution in [0.3, 0.4) is 0 Å². The maximum atomic E-state index is 11.4. The predicted octanol–water partition coefficient (Wildman–Crippen LogP) is 2.02. The molecular formula is C14H30N2O2. The molecule has 108 valence electrons. The van der Waals surface area contributed by atoms with Crippen molar-refractivity contribution >= 4 is 5.97 Å². The molecule has 1 unspecified atom stereocenters. The molecule has 18 heavy (non-hydrogen) atoms. The molecule has 4 nitrogen and oxygen atoms in total. The third kappa shape index (κ3) is 7.67. The fraction of sp³-hybridized carbons (Fsp3) is 0.929. The normalized spacial score (nSPS) is 14.9. The van der Waals surface area contributed by atoms with Gasteiger partial charge < -0.3 is 15.4 Å². The summed E-state index contributed by atoms with van der Waals surface area (Å²) in [6.45, 7) is 8.41. The third-order valence-electron chi connectivity index (χ3n) is 3.23. The second-order valence-electron chi connectivity index (χ2n) is 5.85. The van der Waals surface area contributed by atoms with Crippen LogP contribution in [0.2, 0.25) is 0 Å². The molecule has 0 aliphatic heterocycles. The van der Waals surface area contributed by atoms with Gasteiger partial charge in [0, 0.05) is 0 Å². The van der Waals surface area contributed by atoms with Gasteiger partial charge >= 0.3 is 5.97 Å². The largest absolute Gasteiger partial charge is 0.468 e. The Morgan fingerprint density at radius 3 is 2.44 bits per heavy atom. The van der Waals surface area contributed by atoms with Crippen molar-refractivity contribution in [1.82, 2.24) is 4.90 Å². The standard InChI is InChI=1S/C14H30N2O2/c1-12(2)8-11-16(4)10-7-6-9-14(3,15)13(17)18-5/h12H,6-11,15H2,1-5H3. The summed E-state index contributed by atoms with van der Waals surface area (Å²) in [6, 6.07) is 0. The van der Waals surface area contributed by atoms with Crippen LogP contribution in [0.15, 0.2) is 0 Å². The molecule has 4 heteroatoms. The average molecular weight is 258 g/mol. The number of nitrogens with zero attached hydrogens (tertiary/aromatic N) is 1. The quantitative estimate of drug-likeness (QED) is 0.508. The highest BCUT2D eigenvalue weighted by atomic mass is 16.5. The first-order chi connectivity index (χ1) is 8.29. The van der Waals surface area contributed by atoms with Crippen LogP contribution in [0.1, 0.15) is 46.5 Å². The topological polar surface area (TPSA) is 55.6 Å². The summed E-state index contributed by atoms with van der Waals surface area (Å²) in [6.07, 6.45) is 3.93. The molecule has 0 saturated heterocycles. The second-order valence-corrected chi connectivity index (χ2v) is 5.85. The smallest absolute Gasteiger partial charge is 0.325 e. The van der Waals surface area contributed by atoms with Crippen LogP contribution in [0.4, 0.5) is 0 Å². The molecule has 0 spiro atoms. The summed E-state index contributed by atoms with van der Waals surface area (Å²) in [4.78, 5) is 13.7.